The van der Waals surface area contributed by atoms with Gasteiger partial charge in [0.15, 0.2) is 5.76 Å². The Balaban J connectivity index is 1.57. The standard InChI is InChI=1S/C15H15N5O3/c1-22-12-6-3-2-5-11(12)9-16-14(21)10-20-18-15(17-19-20)13-7-4-8-23-13/h2-8H,9-10H2,1H3,(H,16,21). The van der Waals surface area contributed by atoms with Crippen molar-refractivity contribution in [1.82, 2.24) is 25.5 Å². The van der Waals surface area contributed by atoms with Crippen LogP contribution in [-0.2, 0) is 17.9 Å². The smallest absolute Gasteiger partial charge is 0.243 e. The zero-order chi connectivity index (χ0) is 16.1. The molecule has 1 aromatic carbocycles. The first-order chi connectivity index (χ1) is 11.3. The number of carbonyl (C=O) groups is 1. The second-order valence-corrected chi connectivity index (χ2v) is 4.71. The fraction of sp³-hybridized carbons (Fsp3) is 0.200. The maximum absolute atomic E-state index is 12.0. The minimum absolute atomic E-state index is 0.0249. The maximum atomic E-state index is 12.0. The fourth-order valence-corrected chi connectivity index (χ4v) is 2.04. The van der Waals surface area contributed by atoms with Crippen LogP contribution in [0, 0.1) is 0 Å². The molecule has 1 N–H and O–H groups in total. The molecule has 118 valence electrons. The van der Waals surface area contributed by atoms with Crippen LogP contribution < -0.4 is 10.1 Å². The number of tetrazole rings is 1. The number of methoxy groups -OCH3 is 1. The van der Waals surface area contributed by atoms with E-state index in [1.807, 2.05) is 24.3 Å². The molecule has 3 aromatic rings. The van der Waals surface area contributed by atoms with Gasteiger partial charge in [-0.25, -0.2) is 0 Å². The molecule has 0 saturated heterocycles. The minimum Gasteiger partial charge on any atom is -0.496 e. The molecule has 0 atom stereocenters. The van der Waals surface area contributed by atoms with E-state index >= 15 is 0 Å². The highest BCUT2D eigenvalue weighted by atomic mass is 16.5. The summed E-state index contributed by atoms with van der Waals surface area (Å²) in [4.78, 5) is 13.2. The number of benzene rings is 1. The van der Waals surface area contributed by atoms with Gasteiger partial charge < -0.3 is 14.5 Å². The maximum Gasteiger partial charge on any atom is 0.243 e. The van der Waals surface area contributed by atoms with Crippen LogP contribution in [-0.4, -0.2) is 33.2 Å². The van der Waals surface area contributed by atoms with Gasteiger partial charge >= 0.3 is 0 Å². The number of nitrogens with one attached hydrogen (secondary N) is 1. The molecule has 0 aliphatic carbocycles. The third-order valence-electron chi connectivity index (χ3n) is 3.15. The normalized spacial score (nSPS) is 10.5. The molecule has 0 aliphatic rings. The molecule has 1 amide bonds. The predicted octanol–water partition coefficient (Wildman–Crippen LogP) is 1.26. The predicted molar refractivity (Wildman–Crippen MR) is 80.4 cm³/mol. The van der Waals surface area contributed by atoms with E-state index in [-0.39, 0.29) is 12.5 Å². The van der Waals surface area contributed by atoms with Crippen LogP contribution >= 0.6 is 0 Å². The Bertz CT molecular complexity index is 782. The molecule has 2 heterocycles. The summed E-state index contributed by atoms with van der Waals surface area (Å²) < 4.78 is 10.4. The van der Waals surface area contributed by atoms with Gasteiger partial charge in [0, 0.05) is 12.1 Å². The van der Waals surface area contributed by atoms with Crippen molar-refractivity contribution in [2.45, 2.75) is 13.1 Å². The number of carbonyl (C=O) groups excluding carboxylic acids is 1. The fourth-order valence-electron chi connectivity index (χ4n) is 2.04. The number of rotatable bonds is 6. The van der Waals surface area contributed by atoms with Crippen LogP contribution in [0.1, 0.15) is 5.56 Å². The Labute approximate surface area is 132 Å². The van der Waals surface area contributed by atoms with Crippen molar-refractivity contribution >= 4 is 5.91 Å². The van der Waals surface area contributed by atoms with E-state index in [4.69, 9.17) is 9.15 Å². The number of ether oxygens (including phenoxy) is 1. The average Bonchev–Trinajstić information content (AvgIpc) is 3.24. The quantitative estimate of drug-likeness (QED) is 0.736. The van der Waals surface area contributed by atoms with Gasteiger partial charge in [-0.1, -0.05) is 18.2 Å². The first-order valence-corrected chi connectivity index (χ1v) is 6.96. The van der Waals surface area contributed by atoms with Crippen molar-refractivity contribution in [3.05, 3.63) is 48.2 Å². The molecular formula is C15H15N5O3. The molecule has 3 rings (SSSR count). The van der Waals surface area contributed by atoms with Crippen molar-refractivity contribution < 1.29 is 13.9 Å². The van der Waals surface area contributed by atoms with Crippen molar-refractivity contribution in [2.24, 2.45) is 0 Å². The van der Waals surface area contributed by atoms with E-state index < -0.39 is 0 Å². The van der Waals surface area contributed by atoms with Gasteiger partial charge in [-0.15, -0.1) is 10.2 Å². The van der Waals surface area contributed by atoms with Gasteiger partial charge in [0.1, 0.15) is 12.3 Å². The van der Waals surface area contributed by atoms with Gasteiger partial charge in [-0.3, -0.25) is 4.79 Å². The molecular weight excluding hydrogens is 298 g/mol. The van der Waals surface area contributed by atoms with Crippen molar-refractivity contribution in [2.75, 3.05) is 7.11 Å². The number of hydrogen-bond donors (Lipinski definition) is 1. The third kappa shape index (κ3) is 3.54. The van der Waals surface area contributed by atoms with Crippen LogP contribution in [0.3, 0.4) is 0 Å². The van der Waals surface area contributed by atoms with Gasteiger partial charge in [-0.05, 0) is 23.4 Å². The molecule has 0 unspecified atom stereocenters. The van der Waals surface area contributed by atoms with Gasteiger partial charge in [0.05, 0.1) is 13.4 Å². The monoisotopic (exact) mass is 313 g/mol. The Morgan fingerprint density at radius 2 is 2.17 bits per heavy atom. The van der Waals surface area contributed by atoms with Crippen LogP contribution in [0.5, 0.6) is 5.75 Å². The van der Waals surface area contributed by atoms with Gasteiger partial charge in [-0.2, -0.15) is 4.80 Å². The summed E-state index contributed by atoms with van der Waals surface area (Å²) in [5, 5.41) is 14.6. The zero-order valence-corrected chi connectivity index (χ0v) is 12.5. The molecule has 8 nitrogen and oxygen atoms in total. The molecule has 2 aromatic heterocycles. The lowest BCUT2D eigenvalue weighted by Gasteiger charge is -2.09. The Hall–Kier alpha value is -3.16. The summed E-state index contributed by atoms with van der Waals surface area (Å²) in [6.45, 7) is 0.339. The van der Waals surface area contributed by atoms with E-state index in [2.05, 4.69) is 20.7 Å². The van der Waals surface area contributed by atoms with Crippen molar-refractivity contribution in [1.29, 1.82) is 0 Å². The highest BCUT2D eigenvalue weighted by molar-refractivity contribution is 5.75. The van der Waals surface area contributed by atoms with Gasteiger partial charge in [0.25, 0.3) is 0 Å². The number of amides is 1. The lowest BCUT2D eigenvalue weighted by atomic mass is 10.2. The first kappa shape index (κ1) is 14.8. The average molecular weight is 313 g/mol. The Morgan fingerprint density at radius 3 is 2.96 bits per heavy atom. The summed E-state index contributed by atoms with van der Waals surface area (Å²) in [6.07, 6.45) is 1.52. The number of furan rings is 1. The van der Waals surface area contributed by atoms with E-state index in [1.54, 1.807) is 19.2 Å². The number of aromatic nitrogens is 4. The molecule has 0 saturated carbocycles. The first-order valence-electron chi connectivity index (χ1n) is 6.96. The summed E-state index contributed by atoms with van der Waals surface area (Å²) in [5.74, 6) is 1.35. The number of hydrogen-bond acceptors (Lipinski definition) is 6. The van der Waals surface area contributed by atoms with E-state index in [0.717, 1.165) is 11.3 Å². The highest BCUT2D eigenvalue weighted by Gasteiger charge is 2.11. The van der Waals surface area contributed by atoms with Gasteiger partial charge in [0.2, 0.25) is 11.7 Å². The van der Waals surface area contributed by atoms with Crippen molar-refractivity contribution in [3.8, 4) is 17.3 Å². The molecule has 8 heteroatoms. The third-order valence-corrected chi connectivity index (χ3v) is 3.15. The van der Waals surface area contributed by atoms with Crippen LogP contribution in [0.25, 0.3) is 11.6 Å². The topological polar surface area (TPSA) is 95.1 Å². The van der Waals surface area contributed by atoms with E-state index in [1.165, 1.54) is 11.1 Å². The van der Waals surface area contributed by atoms with Crippen LogP contribution in [0.15, 0.2) is 47.1 Å². The largest absolute Gasteiger partial charge is 0.496 e. The summed E-state index contributed by atoms with van der Waals surface area (Å²) >= 11 is 0. The molecule has 0 radical (unpaired) electrons. The van der Waals surface area contributed by atoms with Crippen LogP contribution in [0.4, 0.5) is 0 Å². The zero-order valence-electron chi connectivity index (χ0n) is 12.5. The second-order valence-electron chi connectivity index (χ2n) is 4.71. The Morgan fingerprint density at radius 1 is 1.30 bits per heavy atom. The molecule has 23 heavy (non-hydrogen) atoms. The number of nitrogens with zero attached hydrogens (tertiary/aromatic N) is 4. The molecule has 0 bridgehead atoms. The Kier molecular flexibility index (Phi) is 4.32. The summed E-state index contributed by atoms with van der Waals surface area (Å²) in [5.41, 5.74) is 0.895. The summed E-state index contributed by atoms with van der Waals surface area (Å²) in [6, 6.07) is 11.0. The molecule has 0 fully saturated rings. The molecule has 0 spiro atoms. The highest BCUT2D eigenvalue weighted by Crippen LogP contribution is 2.16. The van der Waals surface area contributed by atoms with Crippen LogP contribution in [0.2, 0.25) is 0 Å². The van der Waals surface area contributed by atoms with E-state index in [0.29, 0.717) is 18.1 Å². The summed E-state index contributed by atoms with van der Waals surface area (Å²) in [7, 11) is 1.59. The lowest BCUT2D eigenvalue weighted by Crippen LogP contribution is -2.28. The number of para-hydroxylation sites is 1. The molecule has 0 aliphatic heterocycles. The van der Waals surface area contributed by atoms with Crippen molar-refractivity contribution in [3.63, 3.8) is 0 Å². The minimum atomic E-state index is -0.223. The van der Waals surface area contributed by atoms with E-state index in [9.17, 15) is 4.79 Å². The SMILES string of the molecule is COc1ccccc1CNC(=O)Cn1nnc(-c2ccco2)n1. The second kappa shape index (κ2) is 6.73. The lowest BCUT2D eigenvalue weighted by molar-refractivity contribution is -0.122.